The summed E-state index contributed by atoms with van der Waals surface area (Å²) in [6.07, 6.45) is -1.03. The molecule has 36 heavy (non-hydrogen) atoms. The molecule has 0 saturated carbocycles. The summed E-state index contributed by atoms with van der Waals surface area (Å²) in [5, 5.41) is 7.31. The smallest absolute Gasteiger partial charge is 0.435 e. The van der Waals surface area contributed by atoms with Crippen LogP contribution in [0.2, 0.25) is 0 Å². The van der Waals surface area contributed by atoms with Crippen LogP contribution in [-0.4, -0.2) is 46.6 Å². The van der Waals surface area contributed by atoms with Crippen LogP contribution in [0.5, 0.6) is 0 Å². The maximum absolute atomic E-state index is 12.6. The molecule has 0 radical (unpaired) electrons. The molecule has 2 aromatic heterocycles. The lowest BCUT2D eigenvalue weighted by Crippen LogP contribution is -2.24. The van der Waals surface area contributed by atoms with E-state index in [4.69, 9.17) is 0 Å². The number of ether oxygens (including phenoxy) is 1. The lowest BCUT2D eigenvalue weighted by molar-refractivity contribution is -0.160. The number of pyridine rings is 1. The average molecular weight is 513 g/mol. The molecule has 0 saturated heterocycles. The van der Waals surface area contributed by atoms with E-state index in [9.17, 15) is 22.8 Å². The number of alkyl halides is 3. The maximum atomic E-state index is 12.6. The van der Waals surface area contributed by atoms with E-state index in [1.807, 2.05) is 0 Å². The maximum Gasteiger partial charge on any atom is 0.435 e. The van der Waals surface area contributed by atoms with E-state index in [0.29, 0.717) is 32.1 Å². The van der Waals surface area contributed by atoms with Crippen molar-refractivity contribution in [2.45, 2.75) is 16.0 Å². The molecule has 0 spiro atoms. The van der Waals surface area contributed by atoms with Gasteiger partial charge in [0.2, 0.25) is 0 Å². The van der Waals surface area contributed by atoms with E-state index in [0.717, 1.165) is 4.68 Å². The Morgan fingerprint density at radius 2 is 1.86 bits per heavy atom. The summed E-state index contributed by atoms with van der Waals surface area (Å²) in [4.78, 5) is 30.2. The van der Waals surface area contributed by atoms with Crippen molar-refractivity contribution in [3.8, 4) is 0 Å². The van der Waals surface area contributed by atoms with E-state index >= 15 is 0 Å². The third-order valence-electron chi connectivity index (χ3n) is 4.90. The highest BCUT2D eigenvalue weighted by molar-refractivity contribution is 7.99. The van der Waals surface area contributed by atoms with Crippen LogP contribution in [0, 0.1) is 0 Å². The number of rotatable bonds is 6. The second kappa shape index (κ2) is 10.6. The molecular formula is C25H19F3N4O3S. The van der Waals surface area contributed by atoms with Crippen LogP contribution >= 0.6 is 11.8 Å². The van der Waals surface area contributed by atoms with Gasteiger partial charge in [0.15, 0.2) is 6.61 Å². The number of hydrogen-bond acceptors (Lipinski definition) is 6. The topological polar surface area (TPSA) is 86.1 Å². The van der Waals surface area contributed by atoms with Crippen molar-refractivity contribution in [2.75, 3.05) is 13.7 Å². The molecule has 0 aliphatic heterocycles. The molecule has 0 atom stereocenters. The molecule has 0 aliphatic rings. The van der Waals surface area contributed by atoms with Gasteiger partial charge in [-0.3, -0.25) is 9.78 Å². The molecule has 2 aromatic carbocycles. The van der Waals surface area contributed by atoms with Gasteiger partial charge >= 0.3 is 12.3 Å². The number of nitrogens with zero attached hydrogens (tertiary/aromatic N) is 3. The van der Waals surface area contributed by atoms with Crippen LogP contribution < -0.4 is 5.32 Å². The Morgan fingerprint density at radius 1 is 1.08 bits per heavy atom. The quantitative estimate of drug-likeness (QED) is 0.359. The molecule has 0 bridgehead atoms. The first-order valence-electron chi connectivity index (χ1n) is 10.6. The number of hydrogen-bond donors (Lipinski definition) is 1. The Hall–Kier alpha value is -4.12. The van der Waals surface area contributed by atoms with Crippen LogP contribution in [0.25, 0.3) is 23.1 Å². The van der Waals surface area contributed by atoms with Crippen molar-refractivity contribution in [1.82, 2.24) is 20.1 Å². The van der Waals surface area contributed by atoms with Gasteiger partial charge < -0.3 is 10.1 Å². The number of fused-ring (bicyclic) bond motifs is 1. The van der Waals surface area contributed by atoms with E-state index < -0.39 is 18.9 Å². The summed E-state index contributed by atoms with van der Waals surface area (Å²) in [6.45, 7) is -1.74. The summed E-state index contributed by atoms with van der Waals surface area (Å²) in [7, 11) is 1.53. The fourth-order valence-electron chi connectivity index (χ4n) is 3.29. The number of nitrogens with one attached hydrogen (secondary N) is 1. The third kappa shape index (κ3) is 5.92. The lowest BCUT2D eigenvalue weighted by atomic mass is 10.2. The zero-order valence-corrected chi connectivity index (χ0v) is 19.6. The fraction of sp³-hybridized carbons (Fsp3) is 0.120. The molecule has 0 aliphatic carbocycles. The summed E-state index contributed by atoms with van der Waals surface area (Å²) >= 11 is 1.27. The lowest BCUT2D eigenvalue weighted by Gasteiger charge is -2.09. The van der Waals surface area contributed by atoms with Crippen molar-refractivity contribution >= 4 is 46.8 Å². The van der Waals surface area contributed by atoms with Crippen LogP contribution in [0.15, 0.2) is 76.7 Å². The minimum atomic E-state index is -4.68. The Morgan fingerprint density at radius 3 is 2.58 bits per heavy atom. The second-order valence-corrected chi connectivity index (χ2v) is 8.53. The molecule has 4 aromatic rings. The van der Waals surface area contributed by atoms with Gasteiger partial charge in [0.25, 0.3) is 5.91 Å². The monoisotopic (exact) mass is 512 g/mol. The number of halogens is 3. The molecule has 7 nitrogen and oxygen atoms in total. The molecule has 0 unspecified atom stereocenters. The molecule has 184 valence electrons. The zero-order chi connectivity index (χ0) is 25.7. The van der Waals surface area contributed by atoms with Gasteiger partial charge in [-0.2, -0.15) is 23.0 Å². The molecule has 1 amide bonds. The molecular weight excluding hydrogens is 493 g/mol. The van der Waals surface area contributed by atoms with Gasteiger partial charge in [-0.25, -0.2) is 4.79 Å². The van der Waals surface area contributed by atoms with Gasteiger partial charge in [0, 0.05) is 28.4 Å². The second-order valence-electron chi connectivity index (χ2n) is 7.41. The standard InChI is InChI=1S/C25H19F3N4O3S/c1-29-23(33)19-7-2-3-8-22(19)36-17-10-11-18-20(12-9-16-6-4-5-13-30-16)31-32(21(18)14-17)24(34)35-15-25(26,27)28/h2-14H,15H2,1H3,(H,29,33)/b12-9+. The highest BCUT2D eigenvalue weighted by Gasteiger charge is 2.30. The predicted molar refractivity (Wildman–Crippen MR) is 130 cm³/mol. The summed E-state index contributed by atoms with van der Waals surface area (Å²) < 4.78 is 43.2. The van der Waals surface area contributed by atoms with Gasteiger partial charge in [-0.1, -0.05) is 30.0 Å². The van der Waals surface area contributed by atoms with Crippen LogP contribution in [0.3, 0.4) is 0 Å². The van der Waals surface area contributed by atoms with E-state index in [1.54, 1.807) is 79.0 Å². The average Bonchev–Trinajstić information content (AvgIpc) is 3.24. The van der Waals surface area contributed by atoms with Crippen molar-refractivity contribution in [1.29, 1.82) is 0 Å². The number of amides is 1. The van der Waals surface area contributed by atoms with Crippen LogP contribution in [-0.2, 0) is 4.74 Å². The molecule has 1 N–H and O–H groups in total. The van der Waals surface area contributed by atoms with Crippen LogP contribution in [0.1, 0.15) is 21.7 Å². The predicted octanol–water partition coefficient (Wildman–Crippen LogP) is 5.66. The number of aromatic nitrogens is 3. The minimum Gasteiger partial charge on any atom is -0.438 e. The van der Waals surface area contributed by atoms with E-state index in [1.165, 1.54) is 18.8 Å². The highest BCUT2D eigenvalue weighted by atomic mass is 32.2. The van der Waals surface area contributed by atoms with Gasteiger partial charge in [0.05, 0.1) is 22.5 Å². The Balaban J connectivity index is 1.74. The summed E-state index contributed by atoms with van der Waals surface area (Å²) in [5.41, 5.74) is 1.70. The minimum absolute atomic E-state index is 0.255. The Labute approximate surface area is 208 Å². The summed E-state index contributed by atoms with van der Waals surface area (Å²) in [6, 6.07) is 17.4. The van der Waals surface area contributed by atoms with Gasteiger partial charge in [-0.15, -0.1) is 0 Å². The number of benzene rings is 2. The fourth-order valence-corrected chi connectivity index (χ4v) is 4.27. The van der Waals surface area contributed by atoms with Gasteiger partial charge in [-0.05, 0) is 54.6 Å². The first-order valence-corrected chi connectivity index (χ1v) is 11.4. The Bertz CT molecular complexity index is 1440. The largest absolute Gasteiger partial charge is 0.438 e. The summed E-state index contributed by atoms with van der Waals surface area (Å²) in [5.74, 6) is -0.262. The first kappa shape index (κ1) is 25.0. The van der Waals surface area contributed by atoms with Crippen molar-refractivity contribution in [3.05, 3.63) is 83.8 Å². The molecule has 4 rings (SSSR count). The Kier molecular flexibility index (Phi) is 7.39. The zero-order valence-electron chi connectivity index (χ0n) is 18.8. The van der Waals surface area contributed by atoms with Crippen molar-refractivity contribution in [3.63, 3.8) is 0 Å². The molecule has 0 fully saturated rings. The van der Waals surface area contributed by atoms with E-state index in [-0.39, 0.29) is 11.4 Å². The molecule has 2 heterocycles. The van der Waals surface area contributed by atoms with E-state index in [2.05, 4.69) is 20.1 Å². The van der Waals surface area contributed by atoms with Crippen LogP contribution in [0.4, 0.5) is 18.0 Å². The SMILES string of the molecule is CNC(=O)c1ccccc1Sc1ccc2c(/C=C/c3ccccn3)nn(C(=O)OCC(F)(F)F)c2c1. The number of carbonyl (C=O) groups is 2. The first-order chi connectivity index (χ1) is 17.2. The van der Waals surface area contributed by atoms with Crippen molar-refractivity contribution < 1.29 is 27.5 Å². The normalized spacial score (nSPS) is 11.7. The third-order valence-corrected chi connectivity index (χ3v) is 5.97. The molecule has 11 heteroatoms. The van der Waals surface area contributed by atoms with Gasteiger partial charge in [0.1, 0.15) is 0 Å². The van der Waals surface area contributed by atoms with Crippen molar-refractivity contribution in [2.24, 2.45) is 0 Å². The highest BCUT2D eigenvalue weighted by Crippen LogP contribution is 2.33. The number of carbonyl (C=O) groups excluding carboxylic acids is 2.